The minimum absolute atomic E-state index is 0.204. The average Bonchev–Trinajstić information content (AvgIpc) is 2.97. The van der Waals surface area contributed by atoms with Crippen LogP contribution in [0.1, 0.15) is 11.1 Å². The molecule has 0 aliphatic heterocycles. The summed E-state index contributed by atoms with van der Waals surface area (Å²) in [5.41, 5.74) is 2.94. The van der Waals surface area contributed by atoms with Crippen molar-refractivity contribution in [1.82, 2.24) is 4.98 Å². The minimum Gasteiger partial charge on any atom is -0.497 e. The Bertz CT molecular complexity index is 884. The molecule has 3 rings (SSSR count). The van der Waals surface area contributed by atoms with Gasteiger partial charge in [0.1, 0.15) is 5.75 Å². The molecule has 1 amide bonds. The maximum Gasteiger partial charge on any atom is 0.250 e. The van der Waals surface area contributed by atoms with Gasteiger partial charge in [0.15, 0.2) is 5.13 Å². The first-order valence-electron chi connectivity index (χ1n) is 7.15. The van der Waals surface area contributed by atoms with Crippen LogP contribution in [0.25, 0.3) is 16.3 Å². The number of amides is 1. The summed E-state index contributed by atoms with van der Waals surface area (Å²) in [6.07, 6.45) is 3.24. The van der Waals surface area contributed by atoms with Crippen LogP contribution in [-0.4, -0.2) is 18.0 Å². The third kappa shape index (κ3) is 3.57. The van der Waals surface area contributed by atoms with Crippen molar-refractivity contribution in [2.75, 3.05) is 12.4 Å². The van der Waals surface area contributed by atoms with Crippen LogP contribution in [0.3, 0.4) is 0 Å². The van der Waals surface area contributed by atoms with Gasteiger partial charge in [-0.2, -0.15) is 0 Å². The van der Waals surface area contributed by atoms with Gasteiger partial charge in [0.25, 0.3) is 0 Å². The van der Waals surface area contributed by atoms with E-state index in [2.05, 4.69) is 10.3 Å². The van der Waals surface area contributed by atoms with Crippen molar-refractivity contribution in [2.45, 2.75) is 6.92 Å². The zero-order valence-corrected chi connectivity index (χ0v) is 13.7. The van der Waals surface area contributed by atoms with Gasteiger partial charge in [0.2, 0.25) is 5.91 Å². The third-order valence-electron chi connectivity index (χ3n) is 3.37. The van der Waals surface area contributed by atoms with E-state index in [1.54, 1.807) is 13.2 Å². The van der Waals surface area contributed by atoms with Crippen LogP contribution in [0.4, 0.5) is 5.13 Å². The molecule has 0 saturated carbocycles. The lowest BCUT2D eigenvalue weighted by Gasteiger charge is -2.00. The Labute approximate surface area is 138 Å². The first kappa shape index (κ1) is 15.2. The second-order valence-electron chi connectivity index (χ2n) is 5.04. The predicted octanol–water partition coefficient (Wildman–Crippen LogP) is 4.27. The molecule has 1 aromatic heterocycles. The number of benzene rings is 2. The van der Waals surface area contributed by atoms with E-state index in [0.717, 1.165) is 27.1 Å². The standard InChI is InChI=1S/C18H16N2O2S/c1-12-5-3-8-15-17(12)20-18(23-15)19-16(21)10-9-13-6-4-7-14(11-13)22-2/h3-11H,1-2H3,(H,19,20,21)/b10-9+. The molecule has 0 saturated heterocycles. The van der Waals surface area contributed by atoms with Crippen molar-refractivity contribution in [3.63, 3.8) is 0 Å². The topological polar surface area (TPSA) is 51.2 Å². The van der Waals surface area contributed by atoms with Crippen molar-refractivity contribution >= 4 is 38.7 Å². The average molecular weight is 324 g/mol. The molecule has 5 heteroatoms. The maximum atomic E-state index is 12.0. The van der Waals surface area contributed by atoms with E-state index in [0.29, 0.717) is 5.13 Å². The SMILES string of the molecule is COc1cccc(/C=C/C(=O)Nc2nc3c(C)cccc3s2)c1. The number of fused-ring (bicyclic) bond motifs is 1. The Morgan fingerprint density at radius 1 is 1.26 bits per heavy atom. The van der Waals surface area contributed by atoms with Crippen LogP contribution in [0.15, 0.2) is 48.5 Å². The predicted molar refractivity (Wildman–Crippen MR) is 95.0 cm³/mol. The van der Waals surface area contributed by atoms with E-state index >= 15 is 0 Å². The summed E-state index contributed by atoms with van der Waals surface area (Å²) in [4.78, 5) is 16.5. The molecule has 0 unspecified atom stereocenters. The van der Waals surface area contributed by atoms with Gasteiger partial charge in [-0.1, -0.05) is 35.6 Å². The fourth-order valence-electron chi connectivity index (χ4n) is 2.20. The fraction of sp³-hybridized carbons (Fsp3) is 0.111. The minimum atomic E-state index is -0.204. The number of hydrogen-bond donors (Lipinski definition) is 1. The highest BCUT2D eigenvalue weighted by molar-refractivity contribution is 7.22. The van der Waals surface area contributed by atoms with Gasteiger partial charge < -0.3 is 4.74 Å². The summed E-state index contributed by atoms with van der Waals surface area (Å²) in [6.45, 7) is 2.01. The lowest BCUT2D eigenvalue weighted by molar-refractivity contribution is -0.111. The van der Waals surface area contributed by atoms with Crippen LogP contribution in [-0.2, 0) is 4.79 Å². The van der Waals surface area contributed by atoms with Gasteiger partial charge in [0, 0.05) is 6.08 Å². The van der Waals surface area contributed by atoms with Crippen LogP contribution in [0.2, 0.25) is 0 Å². The first-order chi connectivity index (χ1) is 11.2. The lowest BCUT2D eigenvalue weighted by atomic mass is 10.2. The molecule has 1 heterocycles. The molecule has 0 aliphatic rings. The van der Waals surface area contributed by atoms with Crippen LogP contribution < -0.4 is 10.1 Å². The number of nitrogens with zero attached hydrogens (tertiary/aromatic N) is 1. The zero-order chi connectivity index (χ0) is 16.2. The highest BCUT2D eigenvalue weighted by atomic mass is 32.1. The normalized spacial score (nSPS) is 11.0. The second-order valence-corrected chi connectivity index (χ2v) is 6.07. The second kappa shape index (κ2) is 6.62. The van der Waals surface area contributed by atoms with E-state index in [-0.39, 0.29) is 5.91 Å². The number of rotatable bonds is 4. The van der Waals surface area contributed by atoms with E-state index in [1.807, 2.05) is 49.4 Å². The molecular formula is C18H16N2O2S. The summed E-state index contributed by atoms with van der Waals surface area (Å²) >= 11 is 1.47. The molecular weight excluding hydrogens is 308 g/mol. The molecule has 0 fully saturated rings. The number of ether oxygens (including phenoxy) is 1. The Morgan fingerprint density at radius 3 is 2.87 bits per heavy atom. The van der Waals surface area contributed by atoms with Crippen LogP contribution in [0, 0.1) is 6.92 Å². The molecule has 3 aromatic rings. The number of anilines is 1. The first-order valence-corrected chi connectivity index (χ1v) is 7.96. The van der Waals surface area contributed by atoms with Gasteiger partial charge in [-0.3, -0.25) is 10.1 Å². The summed E-state index contributed by atoms with van der Waals surface area (Å²) in [6, 6.07) is 13.5. The number of para-hydroxylation sites is 1. The zero-order valence-electron chi connectivity index (χ0n) is 12.9. The van der Waals surface area contributed by atoms with E-state index in [4.69, 9.17) is 4.74 Å². The number of methoxy groups -OCH3 is 1. The Kier molecular flexibility index (Phi) is 4.39. The smallest absolute Gasteiger partial charge is 0.250 e. The molecule has 2 aromatic carbocycles. The van der Waals surface area contributed by atoms with Crippen LogP contribution in [0.5, 0.6) is 5.75 Å². The van der Waals surface area contributed by atoms with E-state index < -0.39 is 0 Å². The van der Waals surface area contributed by atoms with Gasteiger partial charge in [0.05, 0.1) is 17.3 Å². The summed E-state index contributed by atoms with van der Waals surface area (Å²) < 4.78 is 6.23. The molecule has 1 N–H and O–H groups in total. The number of carbonyl (C=O) groups excluding carboxylic acids is 1. The van der Waals surface area contributed by atoms with Gasteiger partial charge >= 0.3 is 0 Å². The third-order valence-corrected chi connectivity index (χ3v) is 4.31. The summed E-state index contributed by atoms with van der Waals surface area (Å²) in [5.74, 6) is 0.554. The molecule has 0 radical (unpaired) electrons. The van der Waals surface area contributed by atoms with Gasteiger partial charge in [-0.05, 0) is 42.3 Å². The number of hydrogen-bond acceptors (Lipinski definition) is 4. The van der Waals surface area contributed by atoms with Crippen molar-refractivity contribution in [2.24, 2.45) is 0 Å². The van der Waals surface area contributed by atoms with Gasteiger partial charge in [-0.25, -0.2) is 4.98 Å². The Balaban J connectivity index is 1.72. The molecule has 0 bridgehead atoms. The molecule has 0 aliphatic carbocycles. The van der Waals surface area contributed by atoms with Crippen LogP contribution >= 0.6 is 11.3 Å². The largest absolute Gasteiger partial charge is 0.497 e. The lowest BCUT2D eigenvalue weighted by Crippen LogP contribution is -2.07. The molecule has 0 spiro atoms. The highest BCUT2D eigenvalue weighted by Crippen LogP contribution is 2.27. The number of aryl methyl sites for hydroxylation is 1. The van der Waals surface area contributed by atoms with Crippen molar-refractivity contribution in [3.8, 4) is 5.75 Å². The summed E-state index contributed by atoms with van der Waals surface area (Å²) in [7, 11) is 1.62. The monoisotopic (exact) mass is 324 g/mol. The number of aromatic nitrogens is 1. The van der Waals surface area contributed by atoms with Crippen molar-refractivity contribution in [1.29, 1.82) is 0 Å². The molecule has 0 atom stereocenters. The van der Waals surface area contributed by atoms with Crippen molar-refractivity contribution in [3.05, 3.63) is 59.7 Å². The molecule has 23 heavy (non-hydrogen) atoms. The van der Waals surface area contributed by atoms with Gasteiger partial charge in [-0.15, -0.1) is 0 Å². The van der Waals surface area contributed by atoms with E-state index in [1.165, 1.54) is 17.4 Å². The summed E-state index contributed by atoms with van der Waals surface area (Å²) in [5, 5.41) is 3.41. The highest BCUT2D eigenvalue weighted by Gasteiger charge is 2.07. The fourth-order valence-corrected chi connectivity index (χ4v) is 3.15. The van der Waals surface area contributed by atoms with E-state index in [9.17, 15) is 4.79 Å². The maximum absolute atomic E-state index is 12.0. The Hall–Kier alpha value is -2.66. The number of thiazole rings is 1. The Morgan fingerprint density at radius 2 is 2.09 bits per heavy atom. The quantitative estimate of drug-likeness (QED) is 0.729. The number of carbonyl (C=O) groups is 1. The van der Waals surface area contributed by atoms with Crippen molar-refractivity contribution < 1.29 is 9.53 Å². The molecule has 116 valence electrons. The molecule has 4 nitrogen and oxygen atoms in total. The number of nitrogens with one attached hydrogen (secondary N) is 1.